The highest BCUT2D eigenvalue weighted by molar-refractivity contribution is 5.96. The first kappa shape index (κ1) is 20.4. The summed E-state index contributed by atoms with van der Waals surface area (Å²) in [5.41, 5.74) is 2.05. The van der Waals surface area contributed by atoms with Gasteiger partial charge in [0.1, 0.15) is 0 Å². The van der Waals surface area contributed by atoms with Crippen molar-refractivity contribution in [2.45, 2.75) is 13.0 Å². The summed E-state index contributed by atoms with van der Waals surface area (Å²) in [5, 5.41) is 9.97. The van der Waals surface area contributed by atoms with Crippen molar-refractivity contribution in [2.24, 2.45) is 0 Å². The van der Waals surface area contributed by atoms with E-state index in [9.17, 15) is 4.79 Å². The fraction of sp³-hybridized carbons (Fsp3) is 0.304. The Kier molecular flexibility index (Phi) is 6.13. The van der Waals surface area contributed by atoms with Gasteiger partial charge in [0.2, 0.25) is 11.8 Å². The van der Waals surface area contributed by atoms with Gasteiger partial charge in [-0.1, -0.05) is 18.2 Å². The molecule has 1 amide bonds. The number of methoxy groups -OCH3 is 1. The molecule has 0 bridgehead atoms. The van der Waals surface area contributed by atoms with E-state index in [0.717, 1.165) is 22.3 Å². The maximum absolute atomic E-state index is 12.8. The molecular formula is C23H24N6O2. The predicted octanol–water partition coefficient (Wildman–Crippen LogP) is 2.72. The van der Waals surface area contributed by atoms with Gasteiger partial charge in [-0.3, -0.25) is 9.78 Å². The van der Waals surface area contributed by atoms with Crippen molar-refractivity contribution in [3.05, 3.63) is 54.5 Å². The lowest BCUT2D eigenvalue weighted by molar-refractivity contribution is -0.126. The number of para-hydroxylation sites is 1. The van der Waals surface area contributed by atoms with Crippen LogP contribution in [-0.2, 0) is 11.3 Å². The average Bonchev–Trinajstić information content (AvgIpc) is 3.19. The summed E-state index contributed by atoms with van der Waals surface area (Å²) in [6.07, 6.45) is 9.24. The molecule has 4 rings (SSSR count). The Bertz CT molecular complexity index is 1140. The second kappa shape index (κ2) is 9.30. The summed E-state index contributed by atoms with van der Waals surface area (Å²) in [4.78, 5) is 25.3. The van der Waals surface area contributed by atoms with Crippen molar-refractivity contribution < 1.29 is 9.53 Å². The van der Waals surface area contributed by atoms with Crippen LogP contribution in [-0.4, -0.2) is 58.6 Å². The van der Waals surface area contributed by atoms with Gasteiger partial charge in [0.15, 0.2) is 5.82 Å². The number of aryl methyl sites for hydroxylation is 1. The van der Waals surface area contributed by atoms with E-state index >= 15 is 0 Å². The van der Waals surface area contributed by atoms with E-state index in [0.29, 0.717) is 45.0 Å². The molecule has 3 heterocycles. The highest BCUT2D eigenvalue weighted by Crippen LogP contribution is 2.23. The molecule has 1 aliphatic heterocycles. The molecule has 1 aliphatic rings. The quantitative estimate of drug-likeness (QED) is 0.574. The molecule has 0 saturated carbocycles. The van der Waals surface area contributed by atoms with Crippen LogP contribution in [0.1, 0.15) is 12.0 Å². The molecular weight excluding hydrogens is 392 g/mol. The molecule has 31 heavy (non-hydrogen) atoms. The number of nitrogens with zero attached hydrogens (tertiary/aromatic N) is 6. The van der Waals surface area contributed by atoms with E-state index in [4.69, 9.17) is 10.00 Å². The lowest BCUT2D eigenvalue weighted by Gasteiger charge is -2.34. The van der Waals surface area contributed by atoms with E-state index in [1.807, 2.05) is 41.4 Å². The minimum atomic E-state index is -0.00904. The van der Waals surface area contributed by atoms with Crippen LogP contribution in [0.5, 0.6) is 5.88 Å². The summed E-state index contributed by atoms with van der Waals surface area (Å²) in [7, 11) is 1.57. The number of nitriles is 1. The topological polar surface area (TPSA) is 87.3 Å². The minimum Gasteiger partial charge on any atom is -0.480 e. The highest BCUT2D eigenvalue weighted by Gasteiger charge is 2.21. The molecule has 158 valence electrons. The van der Waals surface area contributed by atoms with Crippen LogP contribution in [0.4, 0.5) is 5.82 Å². The number of carbonyl (C=O) groups is 1. The molecule has 0 unspecified atom stereocenters. The number of fused-ring (bicyclic) bond motifs is 1. The first-order valence-electron chi connectivity index (χ1n) is 10.2. The molecule has 3 aromatic rings. The molecule has 0 atom stereocenters. The molecule has 8 heteroatoms. The lowest BCUT2D eigenvalue weighted by atomic mass is 10.1. The fourth-order valence-electron chi connectivity index (χ4n) is 3.77. The van der Waals surface area contributed by atoms with Gasteiger partial charge in [0.05, 0.1) is 32.0 Å². The maximum atomic E-state index is 12.8. The van der Waals surface area contributed by atoms with Gasteiger partial charge in [-0.15, -0.1) is 0 Å². The third kappa shape index (κ3) is 4.51. The number of benzene rings is 1. The zero-order valence-electron chi connectivity index (χ0n) is 17.4. The van der Waals surface area contributed by atoms with Gasteiger partial charge in [0, 0.05) is 61.5 Å². The predicted molar refractivity (Wildman–Crippen MR) is 119 cm³/mol. The Hall–Kier alpha value is -3.86. The number of anilines is 1. The second-order valence-electron chi connectivity index (χ2n) is 7.27. The fourth-order valence-corrected chi connectivity index (χ4v) is 3.77. The molecule has 1 saturated heterocycles. The van der Waals surface area contributed by atoms with Gasteiger partial charge in [-0.2, -0.15) is 10.2 Å². The lowest BCUT2D eigenvalue weighted by Crippen LogP contribution is -2.48. The van der Waals surface area contributed by atoms with Crippen molar-refractivity contribution >= 4 is 28.7 Å². The number of hydrogen-bond acceptors (Lipinski definition) is 6. The first-order chi connectivity index (χ1) is 15.2. The highest BCUT2D eigenvalue weighted by atomic mass is 16.5. The van der Waals surface area contributed by atoms with Gasteiger partial charge in [-0.25, -0.2) is 0 Å². The van der Waals surface area contributed by atoms with Crippen molar-refractivity contribution in [1.29, 1.82) is 5.26 Å². The van der Waals surface area contributed by atoms with E-state index in [-0.39, 0.29) is 5.91 Å². The van der Waals surface area contributed by atoms with Crippen LogP contribution >= 0.6 is 0 Å². The third-order valence-electron chi connectivity index (χ3n) is 5.41. The van der Waals surface area contributed by atoms with Crippen molar-refractivity contribution in [3.8, 4) is 11.9 Å². The number of rotatable bonds is 6. The SMILES string of the molecule is COc1cncc(N2CCN(C(=O)C=Cc3cn(CCC#N)c4ccccc34)CC2)n1. The molecule has 0 spiro atoms. The van der Waals surface area contributed by atoms with Crippen molar-refractivity contribution in [2.75, 3.05) is 38.2 Å². The zero-order chi connectivity index (χ0) is 21.6. The Balaban J connectivity index is 1.42. The van der Waals surface area contributed by atoms with E-state index in [1.165, 1.54) is 0 Å². The third-order valence-corrected chi connectivity index (χ3v) is 5.41. The second-order valence-corrected chi connectivity index (χ2v) is 7.27. The van der Waals surface area contributed by atoms with Crippen LogP contribution in [0, 0.1) is 11.3 Å². The smallest absolute Gasteiger partial charge is 0.246 e. The molecule has 0 N–H and O–H groups in total. The van der Waals surface area contributed by atoms with Crippen molar-refractivity contribution in [3.63, 3.8) is 0 Å². The summed E-state index contributed by atoms with van der Waals surface area (Å²) < 4.78 is 7.21. The summed E-state index contributed by atoms with van der Waals surface area (Å²) >= 11 is 0. The van der Waals surface area contributed by atoms with Gasteiger partial charge < -0.3 is 19.1 Å². The van der Waals surface area contributed by atoms with Gasteiger partial charge in [0.25, 0.3) is 0 Å². The molecule has 8 nitrogen and oxygen atoms in total. The zero-order valence-corrected chi connectivity index (χ0v) is 17.4. The van der Waals surface area contributed by atoms with Crippen LogP contribution < -0.4 is 9.64 Å². The van der Waals surface area contributed by atoms with Crippen LogP contribution in [0.3, 0.4) is 0 Å². The van der Waals surface area contributed by atoms with E-state index < -0.39 is 0 Å². The number of ether oxygens (including phenoxy) is 1. The molecule has 2 aromatic heterocycles. The Morgan fingerprint density at radius 3 is 2.81 bits per heavy atom. The number of hydrogen-bond donors (Lipinski definition) is 0. The standard InChI is InChI=1S/C23H24N6O2/c1-31-22-16-25-15-21(26-22)27-11-13-28(14-12-27)23(30)8-7-18-17-29(10-4-9-24)20-6-3-2-5-19(18)20/h2-3,5-8,15-17H,4,10-14H2,1H3. The number of aromatic nitrogens is 3. The maximum Gasteiger partial charge on any atom is 0.246 e. The summed E-state index contributed by atoms with van der Waals surface area (Å²) in [6, 6.07) is 10.2. The van der Waals surface area contributed by atoms with Crippen LogP contribution in [0.15, 0.2) is 48.9 Å². The van der Waals surface area contributed by atoms with Gasteiger partial charge >= 0.3 is 0 Å². The monoisotopic (exact) mass is 416 g/mol. The number of piperazine rings is 1. The summed E-state index contributed by atoms with van der Waals surface area (Å²) in [6.45, 7) is 3.25. The Labute approximate surface area is 181 Å². The van der Waals surface area contributed by atoms with Crippen LogP contribution in [0.25, 0.3) is 17.0 Å². The average molecular weight is 416 g/mol. The molecule has 0 aliphatic carbocycles. The largest absolute Gasteiger partial charge is 0.480 e. The Morgan fingerprint density at radius 1 is 1.23 bits per heavy atom. The molecule has 1 aromatic carbocycles. The summed E-state index contributed by atoms with van der Waals surface area (Å²) in [5.74, 6) is 1.23. The normalized spacial score (nSPS) is 14.2. The Morgan fingerprint density at radius 2 is 2.03 bits per heavy atom. The first-order valence-corrected chi connectivity index (χ1v) is 10.2. The van der Waals surface area contributed by atoms with Crippen molar-refractivity contribution in [1.82, 2.24) is 19.4 Å². The van der Waals surface area contributed by atoms with Crippen LogP contribution in [0.2, 0.25) is 0 Å². The van der Waals surface area contributed by atoms with Gasteiger partial charge in [-0.05, 0) is 12.1 Å². The minimum absolute atomic E-state index is 0.00904. The number of carbonyl (C=O) groups excluding carboxylic acids is 1. The molecule has 1 fully saturated rings. The number of amides is 1. The van der Waals surface area contributed by atoms with E-state index in [1.54, 1.807) is 25.6 Å². The van der Waals surface area contributed by atoms with E-state index in [2.05, 4.69) is 25.5 Å². The molecule has 0 radical (unpaired) electrons.